The van der Waals surface area contributed by atoms with Crippen LogP contribution in [0, 0.1) is 6.92 Å². The van der Waals surface area contributed by atoms with Crippen molar-refractivity contribution in [2.75, 3.05) is 5.75 Å². The average Bonchev–Trinajstić information content (AvgIpc) is 2.75. The minimum absolute atomic E-state index is 0.110. The molecule has 0 fully saturated rings. The summed E-state index contributed by atoms with van der Waals surface area (Å²) < 4.78 is 5.76. The van der Waals surface area contributed by atoms with E-state index in [9.17, 15) is 4.79 Å². The topological polar surface area (TPSA) is 50.7 Å². The highest BCUT2D eigenvalue weighted by atomic mass is 32.2. The first-order valence-corrected chi connectivity index (χ1v) is 10.6. The lowest BCUT2D eigenvalue weighted by molar-refractivity contribution is -0.118. The molecule has 29 heavy (non-hydrogen) atoms. The van der Waals surface area contributed by atoms with Crippen molar-refractivity contribution >= 4 is 23.9 Å². The third-order valence-corrected chi connectivity index (χ3v) is 5.16. The Labute approximate surface area is 176 Å². The molecule has 0 aliphatic carbocycles. The summed E-state index contributed by atoms with van der Waals surface area (Å²) in [6.45, 7) is 2.60. The maximum Gasteiger partial charge on any atom is 0.250 e. The van der Waals surface area contributed by atoms with Crippen LogP contribution < -0.4 is 10.2 Å². The first-order valence-electron chi connectivity index (χ1n) is 9.41. The fraction of sp³-hybridized carbons (Fsp3) is 0.167. The molecule has 0 aliphatic heterocycles. The second kappa shape index (κ2) is 11.1. The minimum atomic E-state index is -0.110. The van der Waals surface area contributed by atoms with Crippen molar-refractivity contribution in [1.82, 2.24) is 5.43 Å². The summed E-state index contributed by atoms with van der Waals surface area (Å²) in [6, 6.07) is 26.0. The fourth-order valence-electron chi connectivity index (χ4n) is 2.55. The van der Waals surface area contributed by atoms with Gasteiger partial charge in [0.1, 0.15) is 12.4 Å². The van der Waals surface area contributed by atoms with Gasteiger partial charge in [0.25, 0.3) is 0 Å². The van der Waals surface area contributed by atoms with E-state index in [0.29, 0.717) is 12.4 Å². The van der Waals surface area contributed by atoms with Crippen LogP contribution in [0.3, 0.4) is 0 Å². The van der Waals surface area contributed by atoms with Gasteiger partial charge >= 0.3 is 0 Å². The van der Waals surface area contributed by atoms with Crippen LogP contribution in [0.4, 0.5) is 0 Å². The van der Waals surface area contributed by atoms with Crippen LogP contribution in [-0.2, 0) is 17.2 Å². The first-order chi connectivity index (χ1) is 14.2. The van der Waals surface area contributed by atoms with E-state index >= 15 is 0 Å². The molecule has 1 N–H and O–H groups in total. The third kappa shape index (κ3) is 7.47. The Hall–Kier alpha value is -3.05. The summed E-state index contributed by atoms with van der Waals surface area (Å²) in [6.07, 6.45) is 1.63. The number of rotatable bonds is 9. The summed E-state index contributed by atoms with van der Waals surface area (Å²) >= 11 is 1.57. The van der Waals surface area contributed by atoms with E-state index in [4.69, 9.17) is 4.74 Å². The molecule has 0 spiro atoms. The van der Waals surface area contributed by atoms with Crippen molar-refractivity contribution in [2.24, 2.45) is 5.10 Å². The molecule has 4 nitrogen and oxygen atoms in total. The van der Waals surface area contributed by atoms with Gasteiger partial charge in [0.15, 0.2) is 0 Å². The van der Waals surface area contributed by atoms with Crippen molar-refractivity contribution in [3.05, 3.63) is 101 Å². The number of carbonyl (C=O) groups excluding carboxylic acids is 1. The van der Waals surface area contributed by atoms with Crippen LogP contribution in [0.5, 0.6) is 5.75 Å². The molecule has 0 heterocycles. The molecule has 0 aromatic heterocycles. The Morgan fingerprint density at radius 1 is 0.966 bits per heavy atom. The summed E-state index contributed by atoms with van der Waals surface area (Å²) in [4.78, 5) is 11.9. The second-order valence-corrected chi connectivity index (χ2v) is 7.60. The van der Waals surface area contributed by atoms with E-state index in [0.717, 1.165) is 22.6 Å². The molecular formula is C24H24N2O2S. The molecule has 3 rings (SSSR count). The lowest BCUT2D eigenvalue weighted by atomic mass is 10.2. The molecular weight excluding hydrogens is 380 g/mol. The molecule has 0 atom stereocenters. The molecule has 0 radical (unpaired) electrons. The molecule has 1 amide bonds. The van der Waals surface area contributed by atoms with Crippen LogP contribution in [0.15, 0.2) is 84.0 Å². The molecule has 0 saturated carbocycles. The van der Waals surface area contributed by atoms with Gasteiger partial charge in [-0.1, -0.05) is 60.2 Å². The number of nitrogens with zero attached hydrogens (tertiary/aromatic N) is 1. The van der Waals surface area contributed by atoms with E-state index in [1.54, 1.807) is 18.0 Å². The number of aryl methyl sites for hydroxylation is 1. The van der Waals surface area contributed by atoms with E-state index in [1.165, 1.54) is 11.1 Å². The van der Waals surface area contributed by atoms with Crippen molar-refractivity contribution in [2.45, 2.75) is 19.3 Å². The van der Waals surface area contributed by atoms with Gasteiger partial charge in [-0.2, -0.15) is 5.10 Å². The lowest BCUT2D eigenvalue weighted by Crippen LogP contribution is -2.19. The van der Waals surface area contributed by atoms with Crippen molar-refractivity contribution in [3.63, 3.8) is 0 Å². The molecule has 3 aromatic carbocycles. The van der Waals surface area contributed by atoms with Crippen LogP contribution >= 0.6 is 11.8 Å². The highest BCUT2D eigenvalue weighted by Gasteiger charge is 2.01. The van der Waals surface area contributed by atoms with Crippen LogP contribution in [0.1, 0.15) is 22.3 Å². The normalized spacial score (nSPS) is 10.8. The van der Waals surface area contributed by atoms with Crippen LogP contribution in [0.2, 0.25) is 0 Å². The number of nitrogens with one attached hydrogen (secondary N) is 1. The molecule has 148 valence electrons. The standard InChI is InChI=1S/C24H24N2O2S/c1-19-7-9-22(10-8-19)17-29-18-24(27)26-25-15-20-11-13-23(14-12-20)28-16-21-5-3-2-4-6-21/h2-15H,16-18H2,1H3,(H,26,27). The fourth-order valence-corrected chi connectivity index (χ4v) is 3.33. The van der Waals surface area contributed by atoms with Crippen molar-refractivity contribution in [1.29, 1.82) is 0 Å². The Morgan fingerprint density at radius 3 is 2.41 bits per heavy atom. The Morgan fingerprint density at radius 2 is 1.69 bits per heavy atom. The summed E-state index contributed by atoms with van der Waals surface area (Å²) in [5.74, 6) is 1.86. The van der Waals surface area contributed by atoms with Crippen molar-refractivity contribution in [3.8, 4) is 5.75 Å². The predicted molar refractivity (Wildman–Crippen MR) is 120 cm³/mol. The van der Waals surface area contributed by atoms with Crippen LogP contribution in [-0.4, -0.2) is 17.9 Å². The summed E-state index contributed by atoms with van der Waals surface area (Å²) in [5, 5.41) is 4.02. The van der Waals surface area contributed by atoms with E-state index in [2.05, 4.69) is 41.7 Å². The maximum absolute atomic E-state index is 11.9. The van der Waals surface area contributed by atoms with Crippen LogP contribution in [0.25, 0.3) is 0 Å². The monoisotopic (exact) mass is 404 g/mol. The van der Waals surface area contributed by atoms with Gasteiger partial charge in [-0.15, -0.1) is 11.8 Å². The zero-order valence-electron chi connectivity index (χ0n) is 16.4. The molecule has 5 heteroatoms. The molecule has 0 aliphatic rings. The molecule has 3 aromatic rings. The van der Waals surface area contributed by atoms with Gasteiger partial charge in [0, 0.05) is 5.75 Å². The number of benzene rings is 3. The zero-order valence-corrected chi connectivity index (χ0v) is 17.2. The van der Waals surface area contributed by atoms with Gasteiger partial charge in [-0.3, -0.25) is 4.79 Å². The van der Waals surface area contributed by atoms with E-state index < -0.39 is 0 Å². The number of carbonyl (C=O) groups is 1. The SMILES string of the molecule is Cc1ccc(CSCC(=O)NN=Cc2ccc(OCc3ccccc3)cc2)cc1. The van der Waals surface area contributed by atoms with Gasteiger partial charge in [-0.25, -0.2) is 5.43 Å². The number of hydrazone groups is 1. The largest absolute Gasteiger partial charge is 0.489 e. The number of hydrogen-bond acceptors (Lipinski definition) is 4. The number of amides is 1. The Bertz CT molecular complexity index is 923. The van der Waals surface area contributed by atoms with E-state index in [1.807, 2.05) is 54.6 Å². The number of thioether (sulfide) groups is 1. The second-order valence-electron chi connectivity index (χ2n) is 6.61. The number of hydrogen-bond donors (Lipinski definition) is 1. The Kier molecular flexibility index (Phi) is 7.90. The average molecular weight is 405 g/mol. The first kappa shape index (κ1) is 20.7. The van der Waals surface area contributed by atoms with Gasteiger partial charge in [-0.05, 0) is 47.9 Å². The maximum atomic E-state index is 11.9. The molecule has 0 saturated heterocycles. The summed E-state index contributed by atoms with van der Waals surface area (Å²) in [5.41, 5.74) is 7.04. The van der Waals surface area contributed by atoms with Gasteiger partial charge in [0.05, 0.1) is 12.0 Å². The van der Waals surface area contributed by atoms with Gasteiger partial charge in [0.2, 0.25) is 5.91 Å². The predicted octanol–water partition coefficient (Wildman–Crippen LogP) is 4.96. The zero-order chi connectivity index (χ0) is 20.3. The third-order valence-electron chi connectivity index (χ3n) is 4.15. The lowest BCUT2D eigenvalue weighted by Gasteiger charge is -2.06. The highest BCUT2D eigenvalue weighted by Crippen LogP contribution is 2.14. The number of ether oxygens (including phenoxy) is 1. The van der Waals surface area contributed by atoms with E-state index in [-0.39, 0.29) is 5.91 Å². The Balaban J connectivity index is 1.37. The smallest absolute Gasteiger partial charge is 0.250 e. The van der Waals surface area contributed by atoms with Gasteiger partial charge < -0.3 is 4.74 Å². The summed E-state index contributed by atoms with van der Waals surface area (Å²) in [7, 11) is 0. The molecule has 0 unspecified atom stereocenters. The quantitative estimate of drug-likeness (QED) is 0.405. The molecule has 0 bridgehead atoms. The highest BCUT2D eigenvalue weighted by molar-refractivity contribution is 7.99. The minimum Gasteiger partial charge on any atom is -0.489 e. The van der Waals surface area contributed by atoms with Crippen molar-refractivity contribution < 1.29 is 9.53 Å².